The van der Waals surface area contributed by atoms with E-state index in [9.17, 15) is 5.11 Å². The van der Waals surface area contributed by atoms with Crippen LogP contribution in [0.1, 0.15) is 40.4 Å². The second-order valence-electron chi connectivity index (χ2n) is 5.19. The molecule has 0 saturated carbocycles. The summed E-state index contributed by atoms with van der Waals surface area (Å²) in [7, 11) is 0. The lowest BCUT2D eigenvalue weighted by atomic mass is 9.75. The lowest BCUT2D eigenvalue weighted by molar-refractivity contribution is -0.0427. The van der Waals surface area contributed by atoms with Gasteiger partial charge >= 0.3 is 0 Å². The zero-order chi connectivity index (χ0) is 11.7. The van der Waals surface area contributed by atoms with Crippen LogP contribution in [-0.2, 0) is 13.0 Å². The van der Waals surface area contributed by atoms with Crippen LogP contribution in [0.5, 0.6) is 0 Å². The molecule has 0 fully saturated rings. The molecular weight excluding hydrogens is 190 g/mol. The van der Waals surface area contributed by atoms with E-state index in [-0.39, 0.29) is 5.41 Å². The molecule has 0 aromatic carbocycles. The lowest BCUT2D eigenvalue weighted by Gasteiger charge is -2.36. The Balaban J connectivity index is 2.86. The summed E-state index contributed by atoms with van der Waals surface area (Å²) in [5.74, 6) is 0.845. The molecule has 0 radical (unpaired) electrons. The third kappa shape index (κ3) is 2.56. The zero-order valence-electron chi connectivity index (χ0n) is 10.3. The number of aryl methyl sites for hydroxylation is 1. The fourth-order valence-corrected chi connectivity index (χ4v) is 1.26. The highest BCUT2D eigenvalue weighted by atomic mass is 16.3. The number of rotatable bonds is 3. The fourth-order valence-electron chi connectivity index (χ4n) is 1.26. The molecule has 1 heterocycles. The lowest BCUT2D eigenvalue weighted by Crippen LogP contribution is -2.42. The van der Waals surface area contributed by atoms with Crippen LogP contribution >= 0.6 is 0 Å². The van der Waals surface area contributed by atoms with Gasteiger partial charge in [0.1, 0.15) is 12.2 Å². The number of aromatic nitrogens is 3. The predicted octanol–water partition coefficient (Wildman–Crippen LogP) is 1.64. The van der Waals surface area contributed by atoms with Gasteiger partial charge < -0.3 is 5.11 Å². The minimum Gasteiger partial charge on any atom is -0.389 e. The van der Waals surface area contributed by atoms with E-state index in [4.69, 9.17) is 0 Å². The van der Waals surface area contributed by atoms with Crippen molar-refractivity contribution >= 4 is 0 Å². The molecule has 1 unspecified atom stereocenters. The quantitative estimate of drug-likeness (QED) is 0.827. The molecule has 0 aliphatic carbocycles. The van der Waals surface area contributed by atoms with Crippen molar-refractivity contribution in [2.45, 2.75) is 53.2 Å². The molecule has 4 nitrogen and oxygen atoms in total. The summed E-state index contributed by atoms with van der Waals surface area (Å²) in [6.45, 7) is 10.7. The van der Waals surface area contributed by atoms with Crippen molar-refractivity contribution in [3.63, 3.8) is 0 Å². The molecule has 1 aromatic rings. The van der Waals surface area contributed by atoms with Gasteiger partial charge in [0.2, 0.25) is 0 Å². The Morgan fingerprint density at radius 2 is 1.93 bits per heavy atom. The number of nitrogens with zero attached hydrogens (tertiary/aromatic N) is 3. The fraction of sp³-hybridized carbons (Fsp3) is 0.818. The first kappa shape index (κ1) is 12.2. The average molecular weight is 211 g/mol. The van der Waals surface area contributed by atoms with E-state index in [1.807, 2.05) is 39.3 Å². The predicted molar refractivity (Wildman–Crippen MR) is 59.5 cm³/mol. The first-order valence-corrected chi connectivity index (χ1v) is 5.37. The summed E-state index contributed by atoms with van der Waals surface area (Å²) < 4.78 is 1.82. The van der Waals surface area contributed by atoms with Crippen LogP contribution < -0.4 is 0 Å². The van der Waals surface area contributed by atoms with Crippen molar-refractivity contribution in [1.82, 2.24) is 14.8 Å². The van der Waals surface area contributed by atoms with Gasteiger partial charge in [-0.05, 0) is 19.3 Å². The van der Waals surface area contributed by atoms with Gasteiger partial charge in [0, 0.05) is 13.0 Å². The highest BCUT2D eigenvalue weighted by Gasteiger charge is 2.36. The van der Waals surface area contributed by atoms with Crippen LogP contribution in [0, 0.1) is 5.41 Å². The molecule has 0 saturated heterocycles. The van der Waals surface area contributed by atoms with Crippen LogP contribution in [0.25, 0.3) is 0 Å². The monoisotopic (exact) mass is 211 g/mol. The normalized spacial score (nSPS) is 16.4. The van der Waals surface area contributed by atoms with Crippen molar-refractivity contribution in [2.75, 3.05) is 0 Å². The van der Waals surface area contributed by atoms with E-state index < -0.39 is 5.60 Å². The highest BCUT2D eigenvalue weighted by Crippen LogP contribution is 2.32. The molecule has 0 spiro atoms. The van der Waals surface area contributed by atoms with E-state index in [1.54, 1.807) is 0 Å². The molecule has 1 atom stereocenters. The first-order chi connectivity index (χ1) is 6.78. The Labute approximate surface area is 91.3 Å². The molecule has 15 heavy (non-hydrogen) atoms. The van der Waals surface area contributed by atoms with Crippen molar-refractivity contribution < 1.29 is 5.11 Å². The molecule has 1 aromatic heterocycles. The summed E-state index contributed by atoms with van der Waals surface area (Å²) in [6, 6.07) is 0. The minimum absolute atomic E-state index is 0.169. The third-order valence-electron chi connectivity index (χ3n) is 3.11. The Hall–Kier alpha value is -0.900. The number of hydrogen-bond acceptors (Lipinski definition) is 3. The van der Waals surface area contributed by atoms with E-state index in [2.05, 4.69) is 10.1 Å². The smallest absolute Gasteiger partial charge is 0.138 e. The number of hydrogen-bond donors (Lipinski definition) is 1. The summed E-state index contributed by atoms with van der Waals surface area (Å²) in [5.41, 5.74) is -0.940. The first-order valence-electron chi connectivity index (χ1n) is 5.37. The van der Waals surface area contributed by atoms with Gasteiger partial charge in [-0.1, -0.05) is 20.8 Å². The van der Waals surface area contributed by atoms with E-state index >= 15 is 0 Å². The molecule has 0 amide bonds. The maximum absolute atomic E-state index is 10.4. The van der Waals surface area contributed by atoms with Crippen LogP contribution in [0.2, 0.25) is 0 Å². The van der Waals surface area contributed by atoms with Crippen LogP contribution in [-0.4, -0.2) is 25.5 Å². The maximum Gasteiger partial charge on any atom is 0.138 e. The molecule has 86 valence electrons. The molecule has 0 bridgehead atoms. The standard InChI is InChI=1S/C11H21N3O/c1-6-14-9(12-8-13-14)7-11(5,15)10(2,3)4/h8,15H,6-7H2,1-5H3. The molecular formula is C11H21N3O. The van der Waals surface area contributed by atoms with Crippen molar-refractivity contribution in [2.24, 2.45) is 5.41 Å². The topological polar surface area (TPSA) is 50.9 Å². The molecule has 0 aliphatic heterocycles. The van der Waals surface area contributed by atoms with Crippen LogP contribution in [0.3, 0.4) is 0 Å². The Bertz CT molecular complexity index is 323. The molecule has 1 N–H and O–H groups in total. The SMILES string of the molecule is CCn1ncnc1CC(C)(O)C(C)(C)C. The molecule has 4 heteroatoms. The highest BCUT2D eigenvalue weighted by molar-refractivity contribution is 4.97. The van der Waals surface area contributed by atoms with Crippen molar-refractivity contribution in [3.05, 3.63) is 12.2 Å². The summed E-state index contributed by atoms with van der Waals surface area (Å²) in [4.78, 5) is 4.18. The van der Waals surface area contributed by atoms with Gasteiger partial charge in [0.25, 0.3) is 0 Å². The van der Waals surface area contributed by atoms with Crippen molar-refractivity contribution in [3.8, 4) is 0 Å². The Morgan fingerprint density at radius 3 is 2.40 bits per heavy atom. The Morgan fingerprint density at radius 1 is 1.33 bits per heavy atom. The largest absolute Gasteiger partial charge is 0.389 e. The van der Waals surface area contributed by atoms with Crippen LogP contribution in [0.15, 0.2) is 6.33 Å². The molecule has 0 aliphatic rings. The van der Waals surface area contributed by atoms with Gasteiger partial charge in [-0.3, -0.25) is 4.68 Å². The summed E-state index contributed by atoms with van der Waals surface area (Å²) in [6.07, 6.45) is 2.07. The number of aliphatic hydroxyl groups is 1. The summed E-state index contributed by atoms with van der Waals surface area (Å²) >= 11 is 0. The zero-order valence-corrected chi connectivity index (χ0v) is 10.3. The summed E-state index contributed by atoms with van der Waals surface area (Å²) in [5, 5.41) is 14.5. The second kappa shape index (κ2) is 3.93. The van der Waals surface area contributed by atoms with Gasteiger partial charge in [-0.15, -0.1) is 0 Å². The maximum atomic E-state index is 10.4. The average Bonchev–Trinajstić information content (AvgIpc) is 2.48. The molecule has 1 rings (SSSR count). The van der Waals surface area contributed by atoms with Crippen LogP contribution in [0.4, 0.5) is 0 Å². The van der Waals surface area contributed by atoms with Gasteiger partial charge in [-0.25, -0.2) is 4.98 Å². The van der Waals surface area contributed by atoms with E-state index in [0.717, 1.165) is 12.4 Å². The van der Waals surface area contributed by atoms with Gasteiger partial charge in [0.15, 0.2) is 0 Å². The third-order valence-corrected chi connectivity index (χ3v) is 3.11. The van der Waals surface area contributed by atoms with Gasteiger partial charge in [0.05, 0.1) is 5.60 Å². The van der Waals surface area contributed by atoms with Crippen molar-refractivity contribution in [1.29, 1.82) is 0 Å². The minimum atomic E-state index is -0.771. The van der Waals surface area contributed by atoms with Gasteiger partial charge in [-0.2, -0.15) is 5.10 Å². The Kier molecular flexibility index (Phi) is 3.19. The van der Waals surface area contributed by atoms with E-state index in [1.165, 1.54) is 6.33 Å². The second-order valence-corrected chi connectivity index (χ2v) is 5.19. The van der Waals surface area contributed by atoms with E-state index in [0.29, 0.717) is 6.42 Å².